The molecule has 7 nitrogen and oxygen atoms in total. The van der Waals surface area contributed by atoms with Gasteiger partial charge in [-0.3, -0.25) is 0 Å². The molecule has 1 N–H and O–H groups in total. The van der Waals surface area contributed by atoms with Gasteiger partial charge in [-0.05, 0) is 51.6 Å². The van der Waals surface area contributed by atoms with Crippen LogP contribution in [0.5, 0.6) is 0 Å². The van der Waals surface area contributed by atoms with Gasteiger partial charge in [0.05, 0.1) is 17.5 Å². The normalized spacial score (nSPS) is 26.2. The zero-order valence-electron chi connectivity index (χ0n) is 16.6. The van der Waals surface area contributed by atoms with Crippen LogP contribution in [0.15, 0.2) is 6.20 Å². The molecule has 2 fully saturated rings. The Labute approximate surface area is 182 Å². The van der Waals surface area contributed by atoms with E-state index in [-0.39, 0.29) is 22.0 Å². The number of fused-ring (bicyclic) bond motifs is 3. The molecule has 0 unspecified atom stereocenters. The van der Waals surface area contributed by atoms with Crippen LogP contribution in [0.3, 0.4) is 0 Å². The van der Waals surface area contributed by atoms with Gasteiger partial charge in [0.15, 0.2) is 11.0 Å². The van der Waals surface area contributed by atoms with E-state index in [0.717, 1.165) is 0 Å². The summed E-state index contributed by atoms with van der Waals surface area (Å²) in [6.45, 7) is 5.24. The summed E-state index contributed by atoms with van der Waals surface area (Å²) in [5.41, 5.74) is -0.737. The number of ether oxygens (including phenoxy) is 1. The number of pyridine rings is 1. The minimum absolute atomic E-state index is 0.0613. The Bertz CT molecular complexity index is 1000. The number of halogens is 4. The summed E-state index contributed by atoms with van der Waals surface area (Å²) in [4.78, 5) is 26.0. The number of nitrogens with zero attached hydrogens (tertiary/aromatic N) is 4. The largest absolute Gasteiger partial charge is 0.444 e. The van der Waals surface area contributed by atoms with E-state index >= 15 is 4.39 Å². The Morgan fingerprint density at radius 1 is 1.30 bits per heavy atom. The smallest absolute Gasteiger partial charge is 0.407 e. The summed E-state index contributed by atoms with van der Waals surface area (Å²) < 4.78 is 35.1. The fourth-order valence-corrected chi connectivity index (χ4v) is 4.57. The molecule has 4 rings (SSSR count). The van der Waals surface area contributed by atoms with Crippen molar-refractivity contribution in [3.8, 4) is 0 Å². The zero-order chi connectivity index (χ0) is 21.8. The molecule has 0 aromatic carbocycles. The van der Waals surface area contributed by atoms with E-state index in [2.05, 4.69) is 20.3 Å². The number of nitrogens with one attached hydrogen (secondary N) is 1. The van der Waals surface area contributed by atoms with E-state index in [9.17, 15) is 9.18 Å². The van der Waals surface area contributed by atoms with E-state index in [1.807, 2.05) is 4.90 Å². The molecule has 4 atom stereocenters. The lowest BCUT2D eigenvalue weighted by Crippen LogP contribution is -2.58. The highest BCUT2D eigenvalue weighted by molar-refractivity contribution is 6.30. The molecular weight excluding hydrogens is 439 g/mol. The van der Waals surface area contributed by atoms with Crippen molar-refractivity contribution in [1.29, 1.82) is 0 Å². The number of anilines is 1. The van der Waals surface area contributed by atoms with Crippen molar-refractivity contribution in [3.05, 3.63) is 22.5 Å². The minimum atomic E-state index is -1.37. The van der Waals surface area contributed by atoms with Crippen molar-refractivity contribution in [3.63, 3.8) is 0 Å². The highest BCUT2D eigenvalue weighted by Crippen LogP contribution is 2.42. The van der Waals surface area contributed by atoms with Crippen molar-refractivity contribution in [2.45, 2.75) is 69.9 Å². The third kappa shape index (κ3) is 3.85. The number of carbonyl (C=O) groups excluding carboxylic acids is 1. The highest BCUT2D eigenvalue weighted by Gasteiger charge is 2.49. The van der Waals surface area contributed by atoms with Crippen LogP contribution in [0, 0.1) is 5.82 Å². The van der Waals surface area contributed by atoms with E-state index in [0.29, 0.717) is 30.5 Å². The monoisotopic (exact) mass is 459 g/mol. The fourth-order valence-electron chi connectivity index (χ4n) is 4.26. The van der Waals surface area contributed by atoms with Gasteiger partial charge in [-0.15, -0.1) is 0 Å². The van der Waals surface area contributed by atoms with Gasteiger partial charge in [-0.1, -0.05) is 11.6 Å². The van der Waals surface area contributed by atoms with Crippen molar-refractivity contribution < 1.29 is 18.3 Å². The van der Waals surface area contributed by atoms with Crippen LogP contribution in [-0.2, 0) is 4.74 Å². The average molecular weight is 460 g/mol. The second-order valence-corrected chi connectivity index (χ2v) is 9.28. The maximum Gasteiger partial charge on any atom is 0.407 e. The maximum atomic E-state index is 15.4. The molecule has 2 bridgehead atoms. The summed E-state index contributed by atoms with van der Waals surface area (Å²) in [7, 11) is 0. The van der Waals surface area contributed by atoms with Gasteiger partial charge in [0.1, 0.15) is 23.1 Å². The van der Waals surface area contributed by atoms with Crippen molar-refractivity contribution in [2.24, 2.45) is 0 Å². The van der Waals surface area contributed by atoms with Crippen LogP contribution in [0.2, 0.25) is 10.4 Å². The van der Waals surface area contributed by atoms with E-state index < -0.39 is 35.8 Å². The Kier molecular flexibility index (Phi) is 5.38. The second-order valence-electron chi connectivity index (χ2n) is 8.58. The van der Waals surface area contributed by atoms with Gasteiger partial charge < -0.3 is 15.0 Å². The molecule has 0 saturated carbocycles. The lowest BCUT2D eigenvalue weighted by Gasteiger charge is -2.42. The molecule has 30 heavy (non-hydrogen) atoms. The van der Waals surface area contributed by atoms with Crippen LogP contribution in [-0.4, -0.2) is 50.9 Å². The third-order valence-electron chi connectivity index (χ3n) is 5.37. The Morgan fingerprint density at radius 3 is 2.73 bits per heavy atom. The molecule has 0 spiro atoms. The number of piperidine rings is 1. The van der Waals surface area contributed by atoms with Gasteiger partial charge in [0.2, 0.25) is 5.28 Å². The van der Waals surface area contributed by atoms with Crippen molar-refractivity contribution in [2.75, 3.05) is 4.90 Å². The SMILES string of the molecule is CC(C)(C)OC(=O)N[C@@H]1C[C@@H]2CC[C@H]([C@H]1F)N2c1nc(Cl)nc2c(F)c(Cl)ncc12. The molecule has 2 saturated heterocycles. The molecule has 4 heterocycles. The van der Waals surface area contributed by atoms with Crippen LogP contribution in [0.25, 0.3) is 10.9 Å². The standard InChI is InChI=1S/C19H21Cl2F2N5O2/c1-19(2,3)30-18(29)25-10-6-8-4-5-11(12(10)22)28(8)16-9-7-24-15(20)13(23)14(9)26-17(21)27-16/h7-8,10-12H,4-6H2,1-3H3,(H,25,29)/t8-,10+,11+,12-/m0/s1. The van der Waals surface area contributed by atoms with E-state index in [1.165, 1.54) is 6.20 Å². The van der Waals surface area contributed by atoms with E-state index in [1.54, 1.807) is 20.8 Å². The predicted molar refractivity (Wildman–Crippen MR) is 109 cm³/mol. The highest BCUT2D eigenvalue weighted by atomic mass is 35.5. The first-order chi connectivity index (χ1) is 14.0. The lowest BCUT2D eigenvalue weighted by atomic mass is 9.95. The summed E-state index contributed by atoms with van der Waals surface area (Å²) in [6, 6.07) is -1.37. The number of amides is 1. The van der Waals surface area contributed by atoms with Gasteiger partial charge in [-0.2, -0.15) is 4.98 Å². The molecular formula is C19H21Cl2F2N5O2. The maximum absolute atomic E-state index is 15.4. The molecule has 162 valence electrons. The Balaban J connectivity index is 1.64. The van der Waals surface area contributed by atoms with Crippen LogP contribution < -0.4 is 10.2 Å². The first-order valence-electron chi connectivity index (χ1n) is 9.64. The number of hydrogen-bond donors (Lipinski definition) is 1. The topological polar surface area (TPSA) is 80.2 Å². The molecule has 0 radical (unpaired) electrons. The van der Waals surface area contributed by atoms with Gasteiger partial charge in [0, 0.05) is 12.2 Å². The molecule has 2 aromatic rings. The van der Waals surface area contributed by atoms with Gasteiger partial charge >= 0.3 is 6.09 Å². The molecule has 11 heteroatoms. The summed E-state index contributed by atoms with van der Waals surface area (Å²) in [5.74, 6) is -0.482. The minimum Gasteiger partial charge on any atom is -0.444 e. The molecule has 0 aliphatic carbocycles. The fraction of sp³-hybridized carbons (Fsp3) is 0.579. The van der Waals surface area contributed by atoms with Gasteiger partial charge in [0.25, 0.3) is 0 Å². The molecule has 2 aliphatic rings. The molecule has 2 aliphatic heterocycles. The third-order valence-corrected chi connectivity index (χ3v) is 5.80. The van der Waals surface area contributed by atoms with E-state index in [4.69, 9.17) is 27.9 Å². The van der Waals surface area contributed by atoms with Crippen LogP contribution >= 0.6 is 23.2 Å². The van der Waals surface area contributed by atoms with Crippen molar-refractivity contribution >= 4 is 46.0 Å². The number of carbonyl (C=O) groups is 1. The molecule has 1 amide bonds. The Morgan fingerprint density at radius 2 is 2.03 bits per heavy atom. The summed E-state index contributed by atoms with van der Waals surface area (Å²) >= 11 is 11.8. The summed E-state index contributed by atoms with van der Waals surface area (Å²) in [5, 5.41) is 2.47. The van der Waals surface area contributed by atoms with Gasteiger partial charge in [-0.25, -0.2) is 23.5 Å². The number of alkyl halides is 1. The van der Waals surface area contributed by atoms with Crippen LogP contribution in [0.4, 0.5) is 19.4 Å². The Hall–Kier alpha value is -2.00. The number of hydrogen-bond acceptors (Lipinski definition) is 6. The number of aromatic nitrogens is 3. The first kappa shape index (κ1) is 21.2. The number of rotatable bonds is 2. The lowest BCUT2D eigenvalue weighted by molar-refractivity contribution is 0.0447. The zero-order valence-corrected chi connectivity index (χ0v) is 18.1. The predicted octanol–water partition coefficient (Wildman–Crippen LogP) is 4.44. The second kappa shape index (κ2) is 7.60. The summed E-state index contributed by atoms with van der Waals surface area (Å²) in [6.07, 6.45) is 0.951. The average Bonchev–Trinajstić information content (AvgIpc) is 2.98. The first-order valence-corrected chi connectivity index (χ1v) is 10.4. The molecule has 2 aromatic heterocycles. The van der Waals surface area contributed by atoms with Crippen molar-refractivity contribution in [1.82, 2.24) is 20.3 Å². The number of alkyl carbamates (subject to hydrolysis) is 1. The quantitative estimate of drug-likeness (QED) is 0.527. The van der Waals surface area contributed by atoms with Crippen LogP contribution in [0.1, 0.15) is 40.0 Å².